The molecule has 0 aliphatic carbocycles. The van der Waals surface area contributed by atoms with Gasteiger partial charge in [-0.25, -0.2) is 15.0 Å². The highest BCUT2D eigenvalue weighted by Gasteiger charge is 2.19. The molecule has 1 aromatic heterocycles. The van der Waals surface area contributed by atoms with Gasteiger partial charge < -0.3 is 20.3 Å². The number of ether oxygens (including phenoxy) is 1. The Hall–Kier alpha value is -3.27. The van der Waals surface area contributed by atoms with E-state index in [-0.39, 0.29) is 6.61 Å². The van der Waals surface area contributed by atoms with Crippen LogP contribution in [0.25, 0.3) is 0 Å². The highest BCUT2D eigenvalue weighted by Crippen LogP contribution is 2.19. The van der Waals surface area contributed by atoms with Crippen molar-refractivity contribution in [1.82, 2.24) is 14.9 Å². The van der Waals surface area contributed by atoms with E-state index in [1.165, 1.54) is 0 Å². The van der Waals surface area contributed by atoms with Gasteiger partial charge in [0.05, 0.1) is 6.54 Å². The molecular formula is C19H22N6O. The predicted molar refractivity (Wildman–Crippen MR) is 102 cm³/mol. The van der Waals surface area contributed by atoms with Gasteiger partial charge in [-0.15, -0.1) is 6.42 Å². The van der Waals surface area contributed by atoms with E-state index in [9.17, 15) is 0 Å². The van der Waals surface area contributed by atoms with Gasteiger partial charge in [0.15, 0.2) is 5.96 Å². The van der Waals surface area contributed by atoms with E-state index >= 15 is 0 Å². The van der Waals surface area contributed by atoms with E-state index < -0.39 is 0 Å². The zero-order valence-corrected chi connectivity index (χ0v) is 14.6. The van der Waals surface area contributed by atoms with Crippen molar-refractivity contribution >= 4 is 11.9 Å². The molecule has 1 aliphatic heterocycles. The van der Waals surface area contributed by atoms with Gasteiger partial charge in [-0.3, -0.25) is 0 Å². The lowest BCUT2D eigenvalue weighted by Crippen LogP contribution is -2.51. The number of aliphatic imine (C=N–C) groups is 1. The van der Waals surface area contributed by atoms with Crippen molar-refractivity contribution in [1.29, 1.82) is 0 Å². The number of anilines is 1. The number of piperazine rings is 1. The van der Waals surface area contributed by atoms with Gasteiger partial charge in [-0.1, -0.05) is 24.1 Å². The van der Waals surface area contributed by atoms with Crippen molar-refractivity contribution in [3.05, 3.63) is 48.3 Å². The molecular weight excluding hydrogens is 328 g/mol. The number of para-hydroxylation sites is 1. The van der Waals surface area contributed by atoms with Gasteiger partial charge in [0.2, 0.25) is 5.95 Å². The molecule has 1 fully saturated rings. The molecule has 1 aromatic carbocycles. The van der Waals surface area contributed by atoms with Crippen LogP contribution in [0.1, 0.15) is 5.56 Å². The highest BCUT2D eigenvalue weighted by molar-refractivity contribution is 5.78. The molecule has 3 rings (SSSR count). The zero-order valence-electron chi connectivity index (χ0n) is 14.6. The van der Waals surface area contributed by atoms with Gasteiger partial charge >= 0.3 is 0 Å². The number of hydrogen-bond donors (Lipinski definition) is 1. The van der Waals surface area contributed by atoms with Crippen LogP contribution in [0.2, 0.25) is 0 Å². The van der Waals surface area contributed by atoms with Gasteiger partial charge in [-0.2, -0.15) is 0 Å². The number of hydrogen-bond acceptors (Lipinski definition) is 5. The number of benzene rings is 1. The molecule has 2 aromatic rings. The third-order valence-corrected chi connectivity index (χ3v) is 4.13. The summed E-state index contributed by atoms with van der Waals surface area (Å²) in [5.41, 5.74) is 7.14. The van der Waals surface area contributed by atoms with Crippen molar-refractivity contribution in [3.63, 3.8) is 0 Å². The summed E-state index contributed by atoms with van der Waals surface area (Å²) in [5.74, 6) is 4.50. The second kappa shape index (κ2) is 8.72. The van der Waals surface area contributed by atoms with E-state index in [0.29, 0.717) is 12.5 Å². The average molecular weight is 350 g/mol. The highest BCUT2D eigenvalue weighted by atomic mass is 16.5. The van der Waals surface area contributed by atoms with Crippen molar-refractivity contribution in [2.24, 2.45) is 10.7 Å². The minimum atomic E-state index is 0.236. The number of guanidine groups is 1. The zero-order chi connectivity index (χ0) is 18.2. The summed E-state index contributed by atoms with van der Waals surface area (Å²) in [7, 11) is 0. The molecule has 7 nitrogen and oxygen atoms in total. The largest absolute Gasteiger partial charge is 0.481 e. The number of nitrogens with two attached hydrogens (primary N) is 1. The molecule has 0 amide bonds. The van der Waals surface area contributed by atoms with Crippen LogP contribution in [-0.2, 0) is 6.54 Å². The first-order valence-corrected chi connectivity index (χ1v) is 8.49. The van der Waals surface area contributed by atoms with Crippen LogP contribution in [0, 0.1) is 12.3 Å². The van der Waals surface area contributed by atoms with Gasteiger partial charge in [0.25, 0.3) is 0 Å². The van der Waals surface area contributed by atoms with Crippen LogP contribution in [0.5, 0.6) is 5.75 Å². The molecule has 1 aliphatic rings. The lowest BCUT2D eigenvalue weighted by atomic mass is 10.2. The number of rotatable bonds is 5. The first kappa shape index (κ1) is 17.5. The van der Waals surface area contributed by atoms with Crippen LogP contribution >= 0.6 is 0 Å². The third-order valence-electron chi connectivity index (χ3n) is 4.13. The van der Waals surface area contributed by atoms with Crippen molar-refractivity contribution in [2.45, 2.75) is 6.54 Å². The van der Waals surface area contributed by atoms with Crippen molar-refractivity contribution in [3.8, 4) is 18.1 Å². The Labute approximate surface area is 153 Å². The summed E-state index contributed by atoms with van der Waals surface area (Å²) in [4.78, 5) is 17.3. The van der Waals surface area contributed by atoms with Crippen LogP contribution in [0.3, 0.4) is 0 Å². The Balaban J connectivity index is 1.57. The Morgan fingerprint density at radius 2 is 1.88 bits per heavy atom. The van der Waals surface area contributed by atoms with Gasteiger partial charge in [-0.05, 0) is 12.1 Å². The van der Waals surface area contributed by atoms with E-state index in [2.05, 4.69) is 30.7 Å². The number of nitrogens with zero attached hydrogens (tertiary/aromatic N) is 5. The van der Waals surface area contributed by atoms with Crippen molar-refractivity contribution < 1.29 is 4.74 Å². The monoisotopic (exact) mass is 350 g/mol. The Kier molecular flexibility index (Phi) is 5.88. The molecule has 0 spiro atoms. The maximum atomic E-state index is 6.18. The van der Waals surface area contributed by atoms with E-state index in [1.807, 2.05) is 30.3 Å². The Morgan fingerprint density at radius 1 is 1.15 bits per heavy atom. The molecule has 26 heavy (non-hydrogen) atoms. The van der Waals surface area contributed by atoms with E-state index in [0.717, 1.165) is 43.4 Å². The van der Waals surface area contributed by atoms with Crippen LogP contribution in [-0.4, -0.2) is 53.6 Å². The quantitative estimate of drug-likeness (QED) is 0.495. The van der Waals surface area contributed by atoms with E-state index in [4.69, 9.17) is 16.9 Å². The molecule has 2 N–H and O–H groups in total. The number of aromatic nitrogens is 2. The summed E-state index contributed by atoms with van der Waals surface area (Å²) in [5, 5.41) is 0. The second-order valence-electron chi connectivity index (χ2n) is 5.80. The molecule has 0 unspecified atom stereocenters. The minimum absolute atomic E-state index is 0.236. The molecule has 134 valence electrons. The smallest absolute Gasteiger partial charge is 0.225 e. The molecule has 0 bridgehead atoms. The molecule has 0 saturated carbocycles. The summed E-state index contributed by atoms with van der Waals surface area (Å²) >= 11 is 0. The van der Waals surface area contributed by atoms with Crippen molar-refractivity contribution in [2.75, 3.05) is 37.7 Å². The second-order valence-corrected chi connectivity index (χ2v) is 5.80. The SMILES string of the molecule is C#CCOc1ccccc1CN=C(N)N1CCN(c2ncccn2)CC1. The Bertz CT molecular complexity index is 778. The lowest BCUT2D eigenvalue weighted by Gasteiger charge is -2.35. The molecule has 7 heteroatoms. The maximum absolute atomic E-state index is 6.18. The normalized spacial score (nSPS) is 14.8. The fraction of sp³-hybridized carbons (Fsp3) is 0.316. The average Bonchev–Trinajstić information content (AvgIpc) is 2.72. The predicted octanol–water partition coefficient (Wildman–Crippen LogP) is 1.13. The molecule has 0 radical (unpaired) electrons. The maximum Gasteiger partial charge on any atom is 0.225 e. The molecule has 2 heterocycles. The van der Waals surface area contributed by atoms with Crippen LogP contribution in [0.4, 0.5) is 5.95 Å². The summed E-state index contributed by atoms with van der Waals surface area (Å²) in [6.07, 6.45) is 8.77. The minimum Gasteiger partial charge on any atom is -0.481 e. The van der Waals surface area contributed by atoms with Gasteiger partial charge in [0.1, 0.15) is 12.4 Å². The topological polar surface area (TPSA) is 79.9 Å². The standard InChI is InChI=1S/C19H22N6O/c1-2-14-26-17-7-4-3-6-16(17)15-23-18(20)24-10-12-25(13-11-24)19-21-8-5-9-22-19/h1,3-9H,10-15H2,(H2,20,23). The van der Waals surface area contributed by atoms with Crippen LogP contribution in [0.15, 0.2) is 47.7 Å². The number of terminal acetylenes is 1. The van der Waals surface area contributed by atoms with Gasteiger partial charge in [0, 0.05) is 44.1 Å². The third kappa shape index (κ3) is 4.42. The summed E-state index contributed by atoms with van der Waals surface area (Å²) < 4.78 is 5.55. The summed E-state index contributed by atoms with van der Waals surface area (Å²) in [6, 6.07) is 9.52. The fourth-order valence-electron chi connectivity index (χ4n) is 2.75. The van der Waals surface area contributed by atoms with E-state index in [1.54, 1.807) is 12.4 Å². The Morgan fingerprint density at radius 3 is 2.62 bits per heavy atom. The molecule has 0 atom stereocenters. The fourth-order valence-corrected chi connectivity index (χ4v) is 2.75. The first-order valence-electron chi connectivity index (χ1n) is 8.49. The lowest BCUT2D eigenvalue weighted by molar-refractivity contribution is 0.365. The van der Waals surface area contributed by atoms with Crippen LogP contribution < -0.4 is 15.4 Å². The first-order chi connectivity index (χ1) is 12.8. The molecule has 1 saturated heterocycles. The summed E-state index contributed by atoms with van der Waals surface area (Å²) in [6.45, 7) is 3.87.